The molecule has 1 amide bonds. The molecule has 2 saturated heterocycles. The number of carbonyl (C=O) groups excluding carboxylic acids is 1. The van der Waals surface area contributed by atoms with Gasteiger partial charge in [-0.15, -0.1) is 0 Å². The molecule has 0 bridgehead atoms. The molecule has 4 rings (SSSR count). The van der Waals surface area contributed by atoms with Crippen molar-refractivity contribution in [3.8, 4) is 11.5 Å². The number of amides is 1. The summed E-state index contributed by atoms with van der Waals surface area (Å²) in [5.41, 5.74) is 1.79. The highest BCUT2D eigenvalue weighted by molar-refractivity contribution is 5.95. The van der Waals surface area contributed by atoms with Crippen molar-refractivity contribution in [2.24, 2.45) is 0 Å². The summed E-state index contributed by atoms with van der Waals surface area (Å²) in [5.74, 6) is 0.968. The van der Waals surface area contributed by atoms with Crippen LogP contribution in [0.3, 0.4) is 0 Å². The number of carbonyl (C=O) groups is 1. The van der Waals surface area contributed by atoms with E-state index in [4.69, 9.17) is 14.2 Å². The van der Waals surface area contributed by atoms with Crippen LogP contribution in [0.1, 0.15) is 41.2 Å². The molecule has 2 heterocycles. The number of rotatable bonds is 5. The molecule has 0 aliphatic carbocycles. The van der Waals surface area contributed by atoms with E-state index in [-0.39, 0.29) is 24.2 Å². The van der Waals surface area contributed by atoms with Crippen LogP contribution >= 0.6 is 0 Å². The van der Waals surface area contributed by atoms with E-state index in [9.17, 15) is 4.79 Å². The van der Waals surface area contributed by atoms with Gasteiger partial charge in [0.05, 0.1) is 32.9 Å². The quantitative estimate of drug-likeness (QED) is 0.840. The van der Waals surface area contributed by atoms with Gasteiger partial charge in [0.2, 0.25) is 0 Å². The maximum absolute atomic E-state index is 12.9. The average Bonchev–Trinajstić information content (AvgIpc) is 2.79. The highest BCUT2D eigenvalue weighted by Crippen LogP contribution is 2.35. The number of methoxy groups -OCH3 is 2. The smallest absolute Gasteiger partial charge is 0.253 e. The van der Waals surface area contributed by atoms with Crippen molar-refractivity contribution in [1.29, 1.82) is 0 Å². The predicted octanol–water partition coefficient (Wildman–Crippen LogP) is 3.39. The summed E-state index contributed by atoms with van der Waals surface area (Å²) in [6.45, 7) is 1.59. The van der Waals surface area contributed by atoms with Crippen LogP contribution in [0.4, 0.5) is 0 Å². The standard InChI is InChI=1S/C23H28N2O4/c1-27-20-12-11-17(14-21(20)28-2)22(26)24-23-18-10-6-7-13-25(18)19(15-29-23)16-8-4-3-5-9-16/h3-5,8-9,11-12,14,18-19,23H,6-7,10,13,15H2,1-2H3,(H,24,26)/t18-,19-,23+/m0/s1. The van der Waals surface area contributed by atoms with E-state index < -0.39 is 0 Å². The fourth-order valence-corrected chi connectivity index (χ4v) is 4.38. The third-order valence-corrected chi connectivity index (χ3v) is 5.88. The van der Waals surface area contributed by atoms with Gasteiger partial charge in [-0.05, 0) is 43.1 Å². The second-order valence-electron chi connectivity index (χ2n) is 7.52. The lowest BCUT2D eigenvalue weighted by Gasteiger charge is -2.48. The van der Waals surface area contributed by atoms with Crippen LogP contribution in [0, 0.1) is 0 Å². The molecule has 0 saturated carbocycles. The number of hydrogen-bond acceptors (Lipinski definition) is 5. The molecule has 1 N–H and O–H groups in total. The zero-order valence-electron chi connectivity index (χ0n) is 17.0. The summed E-state index contributed by atoms with van der Waals surface area (Å²) in [6.07, 6.45) is 3.02. The summed E-state index contributed by atoms with van der Waals surface area (Å²) in [5, 5.41) is 3.10. The summed E-state index contributed by atoms with van der Waals surface area (Å²) in [6, 6.07) is 16.1. The Kier molecular flexibility index (Phi) is 6.02. The molecule has 0 radical (unpaired) electrons. The van der Waals surface area contributed by atoms with Crippen molar-refractivity contribution in [1.82, 2.24) is 10.2 Å². The largest absolute Gasteiger partial charge is 0.493 e. The fourth-order valence-electron chi connectivity index (χ4n) is 4.38. The number of piperidine rings is 1. The molecular weight excluding hydrogens is 368 g/mol. The summed E-state index contributed by atoms with van der Waals surface area (Å²) >= 11 is 0. The molecule has 29 heavy (non-hydrogen) atoms. The third-order valence-electron chi connectivity index (χ3n) is 5.88. The van der Waals surface area contributed by atoms with Gasteiger partial charge in [0.15, 0.2) is 11.5 Å². The van der Waals surface area contributed by atoms with Crippen LogP contribution in [0.5, 0.6) is 11.5 Å². The van der Waals surface area contributed by atoms with Crippen molar-refractivity contribution < 1.29 is 19.0 Å². The number of nitrogens with zero attached hydrogens (tertiary/aromatic N) is 1. The normalized spacial score (nSPS) is 24.4. The molecule has 6 nitrogen and oxygen atoms in total. The van der Waals surface area contributed by atoms with Crippen molar-refractivity contribution in [2.45, 2.75) is 37.6 Å². The maximum Gasteiger partial charge on any atom is 0.253 e. The van der Waals surface area contributed by atoms with Gasteiger partial charge >= 0.3 is 0 Å². The molecule has 3 atom stereocenters. The topological polar surface area (TPSA) is 60.0 Å². The lowest BCUT2D eigenvalue weighted by Crippen LogP contribution is -2.60. The SMILES string of the molecule is COc1ccc(C(=O)N[C@@H]2OC[C@@H](c3ccccc3)N3CCCC[C@@H]23)cc1OC. The first-order chi connectivity index (χ1) is 14.2. The van der Waals surface area contributed by atoms with Gasteiger partial charge in [0, 0.05) is 5.56 Å². The number of fused-ring (bicyclic) bond motifs is 1. The Labute approximate surface area is 171 Å². The van der Waals surface area contributed by atoms with E-state index in [1.165, 1.54) is 12.0 Å². The molecule has 0 spiro atoms. The van der Waals surface area contributed by atoms with E-state index in [0.29, 0.717) is 23.7 Å². The molecule has 6 heteroatoms. The van der Waals surface area contributed by atoms with Crippen molar-refractivity contribution in [3.05, 3.63) is 59.7 Å². The van der Waals surface area contributed by atoms with Gasteiger partial charge in [-0.1, -0.05) is 36.8 Å². The minimum absolute atomic E-state index is 0.167. The summed E-state index contributed by atoms with van der Waals surface area (Å²) < 4.78 is 16.8. The number of nitrogens with one attached hydrogen (secondary N) is 1. The fraction of sp³-hybridized carbons (Fsp3) is 0.435. The van der Waals surface area contributed by atoms with E-state index >= 15 is 0 Å². The van der Waals surface area contributed by atoms with Crippen LogP contribution in [0.15, 0.2) is 48.5 Å². The predicted molar refractivity (Wildman–Crippen MR) is 110 cm³/mol. The summed E-state index contributed by atoms with van der Waals surface area (Å²) in [7, 11) is 3.14. The highest BCUT2D eigenvalue weighted by atomic mass is 16.5. The monoisotopic (exact) mass is 396 g/mol. The van der Waals surface area contributed by atoms with Crippen LogP contribution in [0.25, 0.3) is 0 Å². The van der Waals surface area contributed by atoms with Gasteiger partial charge in [0.1, 0.15) is 6.23 Å². The van der Waals surface area contributed by atoms with Crippen molar-refractivity contribution in [2.75, 3.05) is 27.4 Å². The Hall–Kier alpha value is -2.57. The van der Waals surface area contributed by atoms with E-state index in [1.807, 2.05) is 6.07 Å². The minimum Gasteiger partial charge on any atom is -0.493 e. The average molecular weight is 396 g/mol. The Morgan fingerprint density at radius 2 is 1.86 bits per heavy atom. The molecule has 2 fully saturated rings. The van der Waals surface area contributed by atoms with Gasteiger partial charge in [-0.25, -0.2) is 0 Å². The number of hydrogen-bond donors (Lipinski definition) is 1. The number of benzene rings is 2. The Bertz CT molecular complexity index is 842. The Morgan fingerprint density at radius 1 is 1.07 bits per heavy atom. The lowest BCUT2D eigenvalue weighted by molar-refractivity contribution is -0.125. The molecular formula is C23H28N2O4. The zero-order valence-corrected chi connectivity index (χ0v) is 17.0. The summed E-state index contributed by atoms with van der Waals surface area (Å²) in [4.78, 5) is 15.4. The minimum atomic E-state index is -0.323. The molecule has 2 aliphatic heterocycles. The third kappa shape index (κ3) is 4.09. The van der Waals surface area contributed by atoms with Gasteiger partial charge < -0.3 is 19.5 Å². The maximum atomic E-state index is 12.9. The van der Waals surface area contributed by atoms with Crippen LogP contribution < -0.4 is 14.8 Å². The zero-order chi connectivity index (χ0) is 20.2. The molecule has 2 aromatic rings. The molecule has 154 valence electrons. The van der Waals surface area contributed by atoms with Crippen molar-refractivity contribution in [3.63, 3.8) is 0 Å². The first kappa shape index (κ1) is 19.7. The van der Waals surface area contributed by atoms with Gasteiger partial charge in [0.25, 0.3) is 5.91 Å². The Morgan fingerprint density at radius 3 is 2.62 bits per heavy atom. The first-order valence-corrected chi connectivity index (χ1v) is 10.2. The van der Waals surface area contributed by atoms with E-state index in [0.717, 1.165) is 19.4 Å². The second-order valence-corrected chi connectivity index (χ2v) is 7.52. The number of ether oxygens (including phenoxy) is 3. The highest BCUT2D eigenvalue weighted by Gasteiger charge is 2.40. The molecule has 2 aromatic carbocycles. The Balaban J connectivity index is 1.50. The van der Waals surface area contributed by atoms with E-state index in [1.54, 1.807) is 32.4 Å². The lowest BCUT2D eigenvalue weighted by atomic mass is 9.93. The van der Waals surface area contributed by atoms with Gasteiger partial charge in [-0.2, -0.15) is 0 Å². The van der Waals surface area contributed by atoms with Crippen LogP contribution in [0.2, 0.25) is 0 Å². The first-order valence-electron chi connectivity index (χ1n) is 10.2. The van der Waals surface area contributed by atoms with Crippen LogP contribution in [-0.4, -0.2) is 50.4 Å². The van der Waals surface area contributed by atoms with Gasteiger partial charge in [-0.3, -0.25) is 9.69 Å². The van der Waals surface area contributed by atoms with Crippen molar-refractivity contribution >= 4 is 5.91 Å². The second kappa shape index (κ2) is 8.84. The van der Waals surface area contributed by atoms with Crippen LogP contribution in [-0.2, 0) is 4.74 Å². The number of morpholine rings is 1. The van der Waals surface area contributed by atoms with E-state index in [2.05, 4.69) is 34.5 Å². The molecule has 2 aliphatic rings. The molecule has 0 unspecified atom stereocenters. The molecule has 0 aromatic heterocycles.